The van der Waals surface area contributed by atoms with E-state index in [1.807, 2.05) is 0 Å². The van der Waals surface area contributed by atoms with Crippen LogP contribution in [0.1, 0.15) is 130 Å². The van der Waals surface area contributed by atoms with Gasteiger partial charge in [0.05, 0.1) is 37.0 Å². The third-order valence-electron chi connectivity index (χ3n) is 7.40. The van der Waals surface area contributed by atoms with Crippen molar-refractivity contribution >= 4 is 35.6 Å². The summed E-state index contributed by atoms with van der Waals surface area (Å²) in [5.41, 5.74) is 0.617. The summed E-state index contributed by atoms with van der Waals surface area (Å²) in [6, 6.07) is 5.74. The van der Waals surface area contributed by atoms with Crippen LogP contribution >= 0.6 is 23.8 Å². The largest absolute Gasteiger partial charge is 0.472 e. The van der Waals surface area contributed by atoms with Crippen LogP contribution in [0.2, 0.25) is 0 Å². The average Bonchev–Trinajstić information content (AvgIpc) is 3.22. The van der Waals surface area contributed by atoms with Gasteiger partial charge in [0, 0.05) is 11.9 Å². The third kappa shape index (κ3) is 14.3. The van der Waals surface area contributed by atoms with Gasteiger partial charge in [-0.05, 0) is 18.6 Å². The van der Waals surface area contributed by atoms with Crippen molar-refractivity contribution in [1.29, 1.82) is 0 Å². The van der Waals surface area contributed by atoms with Gasteiger partial charge in [-0.25, -0.2) is 4.57 Å². The quantitative estimate of drug-likeness (QED) is 0.0460. The van der Waals surface area contributed by atoms with Gasteiger partial charge >= 0.3 is 7.82 Å². The molecule has 1 aliphatic rings. The molecule has 0 aromatic heterocycles. The highest BCUT2D eigenvalue weighted by atomic mass is 79.9. The minimum Gasteiger partial charge on any atom is -0.379 e. The van der Waals surface area contributed by atoms with Crippen LogP contribution < -0.4 is 0 Å². The summed E-state index contributed by atoms with van der Waals surface area (Å²) >= 11 is 3.13. The molecule has 0 aliphatic carbocycles. The molecule has 1 aromatic rings. The zero-order chi connectivity index (χ0) is 29.8. The summed E-state index contributed by atoms with van der Waals surface area (Å²) in [5.74, 6) is -0.918. The number of rotatable bonds is 26. The minimum atomic E-state index is -4.33. The molecule has 0 saturated heterocycles. The van der Waals surface area contributed by atoms with Crippen LogP contribution in [-0.2, 0) is 18.3 Å². The Morgan fingerprint density at radius 3 is 1.66 bits per heavy atom. The molecule has 0 fully saturated rings. The molecule has 234 valence electrons. The van der Waals surface area contributed by atoms with Crippen molar-refractivity contribution in [3.8, 4) is 0 Å². The summed E-state index contributed by atoms with van der Waals surface area (Å²) in [6.45, 7) is 2.39. The predicted molar refractivity (Wildman–Crippen MR) is 167 cm³/mol. The number of carbonyl (C=O) groups excluding carboxylic acids is 2. The van der Waals surface area contributed by atoms with Crippen molar-refractivity contribution in [2.75, 3.05) is 31.8 Å². The SMILES string of the molecule is CCCCCCCCCCCCCCCCCCOCC(COP(=O)(O)OCCBr)N1C(=O)c2ccccc2C1=O. The lowest BCUT2D eigenvalue weighted by molar-refractivity contribution is 0.0234. The molecule has 1 heterocycles. The van der Waals surface area contributed by atoms with Crippen LogP contribution in [0.15, 0.2) is 24.3 Å². The summed E-state index contributed by atoms with van der Waals surface area (Å²) in [6.07, 6.45) is 20.6. The highest BCUT2D eigenvalue weighted by Gasteiger charge is 2.41. The van der Waals surface area contributed by atoms with Crippen molar-refractivity contribution in [3.63, 3.8) is 0 Å². The van der Waals surface area contributed by atoms with E-state index in [9.17, 15) is 19.0 Å². The molecule has 1 aromatic carbocycles. The van der Waals surface area contributed by atoms with E-state index in [2.05, 4.69) is 22.9 Å². The molecular weight excluding hydrogens is 609 g/mol. The zero-order valence-corrected chi connectivity index (χ0v) is 27.4. The van der Waals surface area contributed by atoms with Crippen LogP contribution in [-0.4, -0.2) is 59.4 Å². The number of phosphoric ester groups is 1. The Labute approximate surface area is 255 Å². The van der Waals surface area contributed by atoms with Crippen molar-refractivity contribution < 1.29 is 32.8 Å². The summed E-state index contributed by atoms with van der Waals surface area (Å²) in [5, 5.41) is 0.366. The number of imide groups is 1. The Hall–Kier alpha value is -1.09. The maximum atomic E-state index is 13.0. The first kappa shape index (κ1) is 36.1. The number of phosphoric acid groups is 1. The van der Waals surface area contributed by atoms with Crippen LogP contribution in [0, 0.1) is 0 Å². The number of nitrogens with zero attached hydrogens (tertiary/aromatic N) is 1. The van der Waals surface area contributed by atoms with Gasteiger partial charge in [-0.15, -0.1) is 0 Å². The van der Waals surface area contributed by atoms with Gasteiger partial charge in [-0.1, -0.05) is 131 Å². The summed E-state index contributed by atoms with van der Waals surface area (Å²) < 4.78 is 28.0. The average molecular weight is 661 g/mol. The molecule has 0 saturated carbocycles. The lowest BCUT2D eigenvalue weighted by Crippen LogP contribution is -2.45. The van der Waals surface area contributed by atoms with E-state index in [1.54, 1.807) is 24.3 Å². The maximum Gasteiger partial charge on any atom is 0.472 e. The molecule has 1 aliphatic heterocycles. The van der Waals surface area contributed by atoms with Gasteiger partial charge < -0.3 is 9.63 Å². The van der Waals surface area contributed by atoms with Crippen molar-refractivity contribution in [1.82, 2.24) is 4.90 Å². The molecule has 0 spiro atoms. The van der Waals surface area contributed by atoms with E-state index < -0.39 is 25.7 Å². The molecule has 1 N–H and O–H groups in total. The number of unbranched alkanes of at least 4 members (excludes halogenated alkanes) is 15. The Bertz CT molecular complexity index is 896. The van der Waals surface area contributed by atoms with E-state index >= 15 is 0 Å². The first-order valence-corrected chi connectivity index (χ1v) is 18.3. The molecule has 10 heteroatoms. The molecular formula is C31H51BrNO7P. The highest BCUT2D eigenvalue weighted by molar-refractivity contribution is 9.09. The van der Waals surface area contributed by atoms with E-state index in [0.29, 0.717) is 23.1 Å². The Kier molecular flexibility index (Phi) is 19.0. The van der Waals surface area contributed by atoms with Crippen molar-refractivity contribution in [3.05, 3.63) is 35.4 Å². The molecule has 0 radical (unpaired) electrons. The van der Waals surface area contributed by atoms with Gasteiger partial charge in [0.1, 0.15) is 0 Å². The molecule has 2 amide bonds. The standard InChI is InChI=1S/C31H51BrNO7P/c1-2-3-4-5-6-7-8-9-10-11-12-13-14-15-16-19-23-38-25-27(26-40-41(36,37)39-24-22-32)33-30(34)28-20-17-18-21-29(28)31(33)35/h17-18,20-21,27H,2-16,19,22-26H2,1H3,(H,36,37). The third-order valence-corrected chi connectivity index (χ3v) is 8.71. The number of hydrogen-bond acceptors (Lipinski definition) is 6. The molecule has 2 rings (SSSR count). The molecule has 8 nitrogen and oxygen atoms in total. The maximum absolute atomic E-state index is 13.0. The summed E-state index contributed by atoms with van der Waals surface area (Å²) in [4.78, 5) is 36.9. The monoisotopic (exact) mass is 659 g/mol. The normalized spacial score (nSPS) is 15.3. The first-order chi connectivity index (χ1) is 19.9. The van der Waals surface area contributed by atoms with E-state index in [-0.39, 0.29) is 19.8 Å². The fraction of sp³-hybridized carbons (Fsp3) is 0.742. The highest BCUT2D eigenvalue weighted by Crippen LogP contribution is 2.43. The Balaban J connectivity index is 1.61. The second-order valence-electron chi connectivity index (χ2n) is 10.8. The molecule has 2 atom stereocenters. The Morgan fingerprint density at radius 1 is 0.732 bits per heavy atom. The fourth-order valence-corrected chi connectivity index (χ4v) is 6.24. The number of amides is 2. The number of ether oxygens (including phenoxy) is 1. The number of fused-ring (bicyclic) bond motifs is 1. The van der Waals surface area contributed by atoms with Gasteiger partial charge in [-0.2, -0.15) is 0 Å². The number of carbonyl (C=O) groups is 2. The van der Waals surface area contributed by atoms with Gasteiger partial charge in [0.2, 0.25) is 0 Å². The first-order valence-electron chi connectivity index (χ1n) is 15.6. The number of halogens is 1. The van der Waals surface area contributed by atoms with E-state index in [4.69, 9.17) is 13.8 Å². The fourth-order valence-electron chi connectivity index (χ4n) is 5.08. The van der Waals surface area contributed by atoms with Crippen LogP contribution in [0.4, 0.5) is 0 Å². The van der Waals surface area contributed by atoms with Crippen molar-refractivity contribution in [2.45, 2.75) is 116 Å². The molecule has 0 bridgehead atoms. The van der Waals surface area contributed by atoms with Crippen LogP contribution in [0.5, 0.6) is 0 Å². The van der Waals surface area contributed by atoms with Crippen LogP contribution in [0.25, 0.3) is 0 Å². The van der Waals surface area contributed by atoms with Gasteiger partial charge in [0.25, 0.3) is 11.8 Å². The molecule has 2 unspecified atom stereocenters. The predicted octanol–water partition coefficient (Wildman–Crippen LogP) is 8.46. The topological polar surface area (TPSA) is 102 Å². The minimum absolute atomic E-state index is 0.0127. The molecule has 41 heavy (non-hydrogen) atoms. The Morgan fingerprint density at radius 2 is 1.20 bits per heavy atom. The van der Waals surface area contributed by atoms with Gasteiger partial charge in [0.15, 0.2) is 0 Å². The number of alkyl halides is 1. The second-order valence-corrected chi connectivity index (χ2v) is 13.1. The van der Waals surface area contributed by atoms with Crippen LogP contribution in [0.3, 0.4) is 0 Å². The lowest BCUT2D eigenvalue weighted by Gasteiger charge is -2.26. The number of hydrogen-bond donors (Lipinski definition) is 1. The zero-order valence-electron chi connectivity index (χ0n) is 24.9. The smallest absolute Gasteiger partial charge is 0.379 e. The summed E-state index contributed by atoms with van der Waals surface area (Å²) in [7, 11) is -4.33. The second kappa shape index (κ2) is 21.6. The van der Waals surface area contributed by atoms with E-state index in [1.165, 1.54) is 83.5 Å². The lowest BCUT2D eigenvalue weighted by atomic mass is 10.0. The van der Waals surface area contributed by atoms with E-state index in [0.717, 1.165) is 24.2 Å². The van der Waals surface area contributed by atoms with Crippen molar-refractivity contribution in [2.24, 2.45) is 0 Å². The van der Waals surface area contributed by atoms with Gasteiger partial charge in [-0.3, -0.25) is 23.5 Å². The number of benzene rings is 1.